The van der Waals surface area contributed by atoms with E-state index in [1.54, 1.807) is 0 Å². The van der Waals surface area contributed by atoms with E-state index in [-0.39, 0.29) is 0 Å². The predicted octanol–water partition coefficient (Wildman–Crippen LogP) is 3.20. The van der Waals surface area contributed by atoms with E-state index in [1.807, 2.05) is 23.2 Å². The number of nitrogens with zero attached hydrogens (tertiary/aromatic N) is 4. The van der Waals surface area contributed by atoms with Crippen molar-refractivity contribution >= 4 is 17.1 Å². The Morgan fingerprint density at radius 2 is 2.26 bits per heavy atom. The zero-order chi connectivity index (χ0) is 16.4. The minimum atomic E-state index is 0.290. The molecule has 0 saturated carbocycles. The third-order valence-electron chi connectivity index (χ3n) is 4.69. The SMILES string of the molecule is CCn1c([C@H]2CCN(C(=O)CCC(C)C)C2)nc2cccnc21. The molecule has 1 amide bonds. The van der Waals surface area contributed by atoms with E-state index in [4.69, 9.17) is 4.98 Å². The van der Waals surface area contributed by atoms with Gasteiger partial charge in [-0.1, -0.05) is 13.8 Å². The van der Waals surface area contributed by atoms with Gasteiger partial charge in [-0.25, -0.2) is 9.97 Å². The average Bonchev–Trinajstić information content (AvgIpc) is 3.16. The highest BCUT2D eigenvalue weighted by Gasteiger charge is 2.30. The van der Waals surface area contributed by atoms with E-state index in [0.29, 0.717) is 24.2 Å². The van der Waals surface area contributed by atoms with Crippen LogP contribution in [0.4, 0.5) is 0 Å². The van der Waals surface area contributed by atoms with Crippen LogP contribution in [0.15, 0.2) is 18.3 Å². The minimum absolute atomic E-state index is 0.290. The van der Waals surface area contributed by atoms with Crippen LogP contribution in [0.2, 0.25) is 0 Å². The zero-order valence-corrected chi connectivity index (χ0v) is 14.3. The molecule has 0 radical (unpaired) electrons. The molecule has 23 heavy (non-hydrogen) atoms. The largest absolute Gasteiger partial charge is 0.342 e. The van der Waals surface area contributed by atoms with Crippen LogP contribution >= 0.6 is 0 Å². The monoisotopic (exact) mass is 314 g/mol. The molecule has 1 aliphatic heterocycles. The van der Waals surface area contributed by atoms with Gasteiger partial charge in [-0.05, 0) is 37.8 Å². The first-order valence-electron chi connectivity index (χ1n) is 8.69. The highest BCUT2D eigenvalue weighted by molar-refractivity contribution is 5.76. The molecule has 5 heteroatoms. The second-order valence-corrected chi connectivity index (χ2v) is 6.82. The molecule has 3 rings (SSSR count). The van der Waals surface area contributed by atoms with E-state index in [0.717, 1.165) is 49.5 Å². The Morgan fingerprint density at radius 3 is 3.00 bits per heavy atom. The van der Waals surface area contributed by atoms with Crippen molar-refractivity contribution in [3.63, 3.8) is 0 Å². The highest BCUT2D eigenvalue weighted by atomic mass is 16.2. The van der Waals surface area contributed by atoms with Crippen molar-refractivity contribution in [2.45, 2.75) is 52.5 Å². The Labute approximate surface area is 137 Å². The topological polar surface area (TPSA) is 51.0 Å². The summed E-state index contributed by atoms with van der Waals surface area (Å²) in [5.74, 6) is 2.28. The fraction of sp³-hybridized carbons (Fsp3) is 0.611. The lowest BCUT2D eigenvalue weighted by atomic mass is 10.1. The molecule has 1 saturated heterocycles. The van der Waals surface area contributed by atoms with E-state index < -0.39 is 0 Å². The van der Waals surface area contributed by atoms with Gasteiger partial charge in [-0.3, -0.25) is 4.79 Å². The molecule has 1 fully saturated rings. The average molecular weight is 314 g/mol. The molecule has 1 atom stereocenters. The standard InChI is InChI=1S/C18H26N4O/c1-4-22-17(20-15-6-5-10-19-18(15)22)14-9-11-21(12-14)16(23)8-7-13(2)3/h5-6,10,13-14H,4,7-9,11-12H2,1-3H3/t14-/m0/s1. The third-order valence-corrected chi connectivity index (χ3v) is 4.69. The van der Waals surface area contributed by atoms with Crippen LogP contribution in [-0.4, -0.2) is 38.4 Å². The van der Waals surface area contributed by atoms with Gasteiger partial charge in [0.25, 0.3) is 0 Å². The van der Waals surface area contributed by atoms with Gasteiger partial charge in [0.15, 0.2) is 5.65 Å². The lowest BCUT2D eigenvalue weighted by Crippen LogP contribution is -2.28. The maximum absolute atomic E-state index is 12.3. The van der Waals surface area contributed by atoms with Gasteiger partial charge in [0.2, 0.25) is 5.91 Å². The first-order chi connectivity index (χ1) is 11.1. The molecule has 1 aliphatic rings. The number of fused-ring (bicyclic) bond motifs is 1. The lowest BCUT2D eigenvalue weighted by Gasteiger charge is -2.17. The van der Waals surface area contributed by atoms with E-state index >= 15 is 0 Å². The summed E-state index contributed by atoms with van der Waals surface area (Å²) in [4.78, 5) is 23.6. The quantitative estimate of drug-likeness (QED) is 0.851. The van der Waals surface area contributed by atoms with Crippen LogP contribution < -0.4 is 0 Å². The minimum Gasteiger partial charge on any atom is -0.342 e. The lowest BCUT2D eigenvalue weighted by molar-refractivity contribution is -0.130. The van der Waals surface area contributed by atoms with Crippen molar-refractivity contribution in [2.75, 3.05) is 13.1 Å². The van der Waals surface area contributed by atoms with E-state index in [2.05, 4.69) is 30.3 Å². The third kappa shape index (κ3) is 3.23. The number of rotatable bonds is 5. The Kier molecular flexibility index (Phi) is 4.64. The molecule has 5 nitrogen and oxygen atoms in total. The molecule has 124 valence electrons. The molecule has 2 aromatic rings. The summed E-state index contributed by atoms with van der Waals surface area (Å²) in [6.07, 6.45) is 4.45. The molecule has 0 spiro atoms. The molecular weight excluding hydrogens is 288 g/mol. The van der Waals surface area contributed by atoms with Crippen LogP contribution in [0.1, 0.15) is 51.8 Å². The summed E-state index contributed by atoms with van der Waals surface area (Å²) < 4.78 is 2.20. The number of imidazole rings is 1. The van der Waals surface area contributed by atoms with Gasteiger partial charge in [0.05, 0.1) is 0 Å². The van der Waals surface area contributed by atoms with Gasteiger partial charge in [0, 0.05) is 38.2 Å². The summed E-state index contributed by atoms with van der Waals surface area (Å²) in [7, 11) is 0. The van der Waals surface area contributed by atoms with Gasteiger partial charge >= 0.3 is 0 Å². The van der Waals surface area contributed by atoms with Crippen molar-refractivity contribution in [2.24, 2.45) is 5.92 Å². The number of hydrogen-bond donors (Lipinski definition) is 0. The van der Waals surface area contributed by atoms with Crippen LogP contribution in [0, 0.1) is 5.92 Å². The highest BCUT2D eigenvalue weighted by Crippen LogP contribution is 2.29. The maximum Gasteiger partial charge on any atom is 0.222 e. The van der Waals surface area contributed by atoms with E-state index in [1.165, 1.54) is 0 Å². The fourth-order valence-corrected chi connectivity index (χ4v) is 3.37. The normalized spacial score (nSPS) is 18.3. The first kappa shape index (κ1) is 16.0. The van der Waals surface area contributed by atoms with Crippen molar-refractivity contribution in [1.82, 2.24) is 19.4 Å². The Bertz CT molecular complexity index is 691. The Balaban J connectivity index is 1.75. The smallest absolute Gasteiger partial charge is 0.222 e. The molecule has 3 heterocycles. The molecule has 0 bridgehead atoms. The van der Waals surface area contributed by atoms with Crippen molar-refractivity contribution in [3.8, 4) is 0 Å². The molecule has 0 aromatic carbocycles. The van der Waals surface area contributed by atoms with Gasteiger partial charge < -0.3 is 9.47 Å². The van der Waals surface area contributed by atoms with E-state index in [9.17, 15) is 4.79 Å². The van der Waals surface area contributed by atoms with Crippen molar-refractivity contribution < 1.29 is 4.79 Å². The Hall–Kier alpha value is -1.91. The second kappa shape index (κ2) is 6.69. The molecule has 0 aliphatic carbocycles. The summed E-state index contributed by atoms with van der Waals surface area (Å²) in [6, 6.07) is 3.94. The van der Waals surface area contributed by atoms with Gasteiger partial charge in [0.1, 0.15) is 11.3 Å². The molecule has 0 unspecified atom stereocenters. The number of aryl methyl sites for hydroxylation is 1. The molecule has 0 N–H and O–H groups in total. The molecule has 2 aromatic heterocycles. The summed E-state index contributed by atoms with van der Waals surface area (Å²) in [6.45, 7) is 8.95. The number of likely N-dealkylation sites (tertiary alicyclic amines) is 1. The Morgan fingerprint density at radius 1 is 1.43 bits per heavy atom. The summed E-state index contributed by atoms with van der Waals surface area (Å²) in [5, 5.41) is 0. The summed E-state index contributed by atoms with van der Waals surface area (Å²) in [5.41, 5.74) is 1.91. The van der Waals surface area contributed by atoms with Crippen LogP contribution in [0.5, 0.6) is 0 Å². The molecular formula is C18H26N4O. The fourth-order valence-electron chi connectivity index (χ4n) is 3.37. The number of carbonyl (C=O) groups is 1. The number of carbonyl (C=O) groups excluding carboxylic acids is 1. The second-order valence-electron chi connectivity index (χ2n) is 6.82. The number of aromatic nitrogens is 3. The summed E-state index contributed by atoms with van der Waals surface area (Å²) >= 11 is 0. The first-order valence-corrected chi connectivity index (χ1v) is 8.69. The maximum atomic E-state index is 12.3. The number of hydrogen-bond acceptors (Lipinski definition) is 3. The van der Waals surface area contributed by atoms with Crippen LogP contribution in [-0.2, 0) is 11.3 Å². The van der Waals surface area contributed by atoms with Gasteiger partial charge in [-0.2, -0.15) is 0 Å². The van der Waals surface area contributed by atoms with Gasteiger partial charge in [-0.15, -0.1) is 0 Å². The zero-order valence-electron chi connectivity index (χ0n) is 14.3. The van der Waals surface area contributed by atoms with Crippen LogP contribution in [0.25, 0.3) is 11.2 Å². The van der Waals surface area contributed by atoms with Crippen molar-refractivity contribution in [1.29, 1.82) is 0 Å². The number of pyridine rings is 1. The van der Waals surface area contributed by atoms with Crippen LogP contribution in [0.3, 0.4) is 0 Å². The number of amides is 1. The van der Waals surface area contributed by atoms with Crippen molar-refractivity contribution in [3.05, 3.63) is 24.2 Å². The predicted molar refractivity (Wildman–Crippen MR) is 91.2 cm³/mol.